The molecule has 0 aliphatic rings. The Morgan fingerprint density at radius 1 is 1.22 bits per heavy atom. The lowest BCUT2D eigenvalue weighted by molar-refractivity contribution is -0.119. The Hall–Kier alpha value is -2.60. The molecule has 0 aliphatic carbocycles. The van der Waals surface area contributed by atoms with Crippen molar-refractivity contribution < 1.29 is 19.1 Å². The third-order valence-electron chi connectivity index (χ3n) is 3.08. The third kappa shape index (κ3) is 4.43. The summed E-state index contributed by atoms with van der Waals surface area (Å²) in [5.41, 5.74) is 1.16. The molecule has 0 saturated heterocycles. The van der Waals surface area contributed by atoms with E-state index >= 15 is 0 Å². The Labute approximate surface area is 138 Å². The molecular weight excluding hydrogens is 320 g/mol. The number of rotatable bonds is 5. The highest BCUT2D eigenvalue weighted by Crippen LogP contribution is 2.13. The highest BCUT2D eigenvalue weighted by molar-refractivity contribution is 6.30. The minimum atomic E-state index is -0.675. The summed E-state index contributed by atoms with van der Waals surface area (Å²) in [6.45, 7) is 0.978. The van der Waals surface area contributed by atoms with Crippen LogP contribution in [-0.2, 0) is 16.6 Å². The average Bonchev–Trinajstić information content (AvgIpc) is 2.89. The van der Waals surface area contributed by atoms with Crippen molar-refractivity contribution in [3.8, 4) is 0 Å². The summed E-state index contributed by atoms with van der Waals surface area (Å²) in [4.78, 5) is 35.0. The molecule has 1 aromatic carbocycles. The number of benzene rings is 1. The van der Waals surface area contributed by atoms with Crippen LogP contribution >= 0.6 is 11.6 Å². The Bertz CT molecular complexity index is 750. The van der Waals surface area contributed by atoms with Gasteiger partial charge >= 0.3 is 5.97 Å². The number of carbonyl (C=O) groups excluding carboxylic acids is 3. The van der Waals surface area contributed by atoms with Crippen molar-refractivity contribution in [2.75, 3.05) is 11.9 Å². The summed E-state index contributed by atoms with van der Waals surface area (Å²) in [6.07, 6.45) is 1.53. The lowest BCUT2D eigenvalue weighted by atomic mass is 10.2. The first-order valence-electron chi connectivity index (χ1n) is 6.76. The van der Waals surface area contributed by atoms with Gasteiger partial charge in [-0.1, -0.05) is 11.6 Å². The largest absolute Gasteiger partial charge is 0.451 e. The molecule has 0 saturated carbocycles. The molecule has 0 unspecified atom stereocenters. The molecule has 23 heavy (non-hydrogen) atoms. The van der Waals surface area contributed by atoms with E-state index in [4.69, 9.17) is 16.3 Å². The molecule has 2 rings (SSSR count). The van der Waals surface area contributed by atoms with Gasteiger partial charge in [-0.2, -0.15) is 0 Å². The van der Waals surface area contributed by atoms with Gasteiger partial charge in [-0.15, -0.1) is 0 Å². The fourth-order valence-corrected chi connectivity index (χ4v) is 2.02. The predicted molar refractivity (Wildman–Crippen MR) is 85.8 cm³/mol. The number of esters is 1. The van der Waals surface area contributed by atoms with Crippen molar-refractivity contribution in [3.63, 3.8) is 0 Å². The van der Waals surface area contributed by atoms with Crippen LogP contribution in [0.15, 0.2) is 36.5 Å². The minimum Gasteiger partial charge on any atom is -0.451 e. The highest BCUT2D eigenvalue weighted by Gasteiger charge is 2.16. The molecule has 1 heterocycles. The number of amides is 1. The topological polar surface area (TPSA) is 77.4 Å². The molecule has 120 valence electrons. The molecule has 7 heteroatoms. The number of Topliss-reactive ketones (excluding diaryl/α,β-unsaturated/α-hetero) is 1. The molecule has 0 atom stereocenters. The second-order valence-corrected chi connectivity index (χ2v) is 5.35. The van der Waals surface area contributed by atoms with Crippen molar-refractivity contribution >= 4 is 34.9 Å². The molecule has 0 bridgehead atoms. The first-order chi connectivity index (χ1) is 10.9. The number of ketones is 1. The number of aromatic nitrogens is 1. The summed E-state index contributed by atoms with van der Waals surface area (Å²) >= 11 is 5.75. The Morgan fingerprint density at radius 2 is 1.87 bits per heavy atom. The van der Waals surface area contributed by atoms with Crippen LogP contribution < -0.4 is 5.32 Å². The van der Waals surface area contributed by atoms with Crippen molar-refractivity contribution in [1.82, 2.24) is 4.57 Å². The zero-order valence-electron chi connectivity index (χ0n) is 12.6. The smallest absolute Gasteiger partial charge is 0.355 e. The number of halogens is 1. The van der Waals surface area contributed by atoms with Gasteiger partial charge in [0.15, 0.2) is 12.4 Å². The number of aryl methyl sites for hydroxylation is 1. The average molecular weight is 335 g/mol. The van der Waals surface area contributed by atoms with Gasteiger partial charge in [-0.25, -0.2) is 4.79 Å². The van der Waals surface area contributed by atoms with Gasteiger partial charge in [0.05, 0.1) is 0 Å². The van der Waals surface area contributed by atoms with E-state index in [1.165, 1.54) is 23.8 Å². The van der Waals surface area contributed by atoms with Crippen molar-refractivity contribution in [2.45, 2.75) is 6.92 Å². The minimum absolute atomic E-state index is 0.153. The van der Waals surface area contributed by atoms with Crippen molar-refractivity contribution in [3.05, 3.63) is 52.8 Å². The number of anilines is 1. The first kappa shape index (κ1) is 16.8. The van der Waals surface area contributed by atoms with Crippen LogP contribution in [0.3, 0.4) is 0 Å². The molecule has 0 radical (unpaired) electrons. The van der Waals surface area contributed by atoms with Crippen LogP contribution in [0.4, 0.5) is 5.69 Å². The van der Waals surface area contributed by atoms with Gasteiger partial charge in [0.1, 0.15) is 5.69 Å². The summed E-state index contributed by atoms with van der Waals surface area (Å²) in [5.74, 6) is -1.30. The standard InChI is InChI=1S/C16H15ClN2O4/c1-10(20)11-7-14(19(2)8-11)16(22)23-9-15(21)18-13-5-3-12(17)4-6-13/h3-8H,9H2,1-2H3,(H,18,21). The number of nitrogens with zero attached hydrogens (tertiary/aromatic N) is 1. The Morgan fingerprint density at radius 3 is 2.43 bits per heavy atom. The highest BCUT2D eigenvalue weighted by atomic mass is 35.5. The van der Waals surface area contributed by atoms with Crippen LogP contribution in [0.5, 0.6) is 0 Å². The maximum Gasteiger partial charge on any atom is 0.355 e. The van der Waals surface area contributed by atoms with Crippen LogP contribution in [0, 0.1) is 0 Å². The molecule has 2 aromatic rings. The van der Waals surface area contributed by atoms with Crippen LogP contribution in [-0.4, -0.2) is 28.8 Å². The van der Waals surface area contributed by atoms with Crippen LogP contribution in [0.1, 0.15) is 27.8 Å². The van der Waals surface area contributed by atoms with Gasteiger partial charge < -0.3 is 14.6 Å². The van der Waals surface area contributed by atoms with Gasteiger partial charge in [-0.05, 0) is 37.3 Å². The van der Waals surface area contributed by atoms with Gasteiger partial charge in [-0.3, -0.25) is 9.59 Å². The second-order valence-electron chi connectivity index (χ2n) is 4.91. The molecule has 0 aliphatic heterocycles. The van der Waals surface area contributed by atoms with Gasteiger partial charge in [0.25, 0.3) is 5.91 Å². The van der Waals surface area contributed by atoms with E-state index in [9.17, 15) is 14.4 Å². The Kier molecular flexibility index (Phi) is 5.18. The van der Waals surface area contributed by atoms with Crippen LogP contribution in [0.25, 0.3) is 0 Å². The third-order valence-corrected chi connectivity index (χ3v) is 3.33. The van der Waals surface area contributed by atoms with Crippen molar-refractivity contribution in [2.24, 2.45) is 7.05 Å². The van der Waals surface area contributed by atoms with E-state index in [-0.39, 0.29) is 11.5 Å². The van der Waals surface area contributed by atoms with Crippen molar-refractivity contribution in [1.29, 1.82) is 0 Å². The van der Waals surface area contributed by atoms with E-state index < -0.39 is 18.5 Å². The van der Waals surface area contributed by atoms with Gasteiger partial charge in [0, 0.05) is 29.5 Å². The summed E-state index contributed by atoms with van der Waals surface area (Å²) in [5, 5.41) is 3.13. The Balaban J connectivity index is 1.92. The maximum atomic E-state index is 12.0. The number of carbonyl (C=O) groups is 3. The molecule has 0 spiro atoms. The van der Waals surface area contributed by atoms with E-state index in [1.807, 2.05) is 0 Å². The second kappa shape index (κ2) is 7.11. The number of hydrogen-bond acceptors (Lipinski definition) is 4. The molecule has 0 fully saturated rings. The summed E-state index contributed by atoms with van der Waals surface area (Å²) < 4.78 is 6.43. The van der Waals surface area contributed by atoms with Gasteiger partial charge in [0.2, 0.25) is 0 Å². The van der Waals surface area contributed by atoms with E-state index in [1.54, 1.807) is 31.3 Å². The first-order valence-corrected chi connectivity index (χ1v) is 7.14. The number of hydrogen-bond donors (Lipinski definition) is 1. The molecular formula is C16H15ClN2O4. The predicted octanol–water partition coefficient (Wildman–Crippen LogP) is 2.68. The number of nitrogens with one attached hydrogen (secondary N) is 1. The normalized spacial score (nSPS) is 10.2. The summed E-state index contributed by atoms with van der Waals surface area (Å²) in [7, 11) is 1.62. The zero-order chi connectivity index (χ0) is 17.0. The van der Waals surface area contributed by atoms with Crippen LogP contribution in [0.2, 0.25) is 5.02 Å². The molecule has 6 nitrogen and oxygen atoms in total. The SMILES string of the molecule is CC(=O)c1cc(C(=O)OCC(=O)Nc2ccc(Cl)cc2)n(C)c1. The zero-order valence-corrected chi connectivity index (χ0v) is 13.4. The molecule has 1 aromatic heterocycles. The fourth-order valence-electron chi connectivity index (χ4n) is 1.90. The maximum absolute atomic E-state index is 12.0. The summed E-state index contributed by atoms with van der Waals surface area (Å²) in [6, 6.07) is 7.98. The lowest BCUT2D eigenvalue weighted by Gasteiger charge is -2.07. The van der Waals surface area contributed by atoms with E-state index in [0.29, 0.717) is 16.3 Å². The monoisotopic (exact) mass is 334 g/mol. The molecule has 1 N–H and O–H groups in total. The number of ether oxygens (including phenoxy) is 1. The lowest BCUT2D eigenvalue weighted by Crippen LogP contribution is -2.21. The quantitative estimate of drug-likeness (QED) is 0.673. The van der Waals surface area contributed by atoms with E-state index in [2.05, 4.69) is 5.32 Å². The van der Waals surface area contributed by atoms with E-state index in [0.717, 1.165) is 0 Å². The molecule has 1 amide bonds. The fraction of sp³-hybridized carbons (Fsp3) is 0.188.